The number of hydrogen-bond acceptors (Lipinski definition) is 3. The molecular weight excluding hydrogens is 254 g/mol. The summed E-state index contributed by atoms with van der Waals surface area (Å²) in [6.45, 7) is 3.06. The van der Waals surface area contributed by atoms with E-state index in [-0.39, 0.29) is 6.10 Å². The van der Waals surface area contributed by atoms with Gasteiger partial charge in [0.15, 0.2) is 0 Å². The van der Waals surface area contributed by atoms with Gasteiger partial charge in [-0.05, 0) is 44.2 Å². The maximum atomic E-state index is 10.2. The minimum Gasteiger partial charge on any atom is -0.392 e. The zero-order chi connectivity index (χ0) is 13.7. The van der Waals surface area contributed by atoms with E-state index in [1.54, 1.807) is 0 Å². The summed E-state index contributed by atoms with van der Waals surface area (Å²) in [5.41, 5.74) is 0. The molecule has 2 unspecified atom stereocenters. The van der Waals surface area contributed by atoms with Gasteiger partial charge in [-0.15, -0.1) is 11.3 Å². The number of hydrogen-bond donors (Lipinski definition) is 1. The van der Waals surface area contributed by atoms with Crippen LogP contribution in [0.4, 0.5) is 0 Å². The van der Waals surface area contributed by atoms with Gasteiger partial charge in [0.05, 0.1) is 6.10 Å². The number of aliphatic hydroxyl groups is 1. The van der Waals surface area contributed by atoms with Crippen LogP contribution in [-0.4, -0.2) is 35.7 Å². The van der Waals surface area contributed by atoms with Crippen LogP contribution in [0.3, 0.4) is 0 Å². The largest absolute Gasteiger partial charge is 0.392 e. The van der Waals surface area contributed by atoms with Crippen LogP contribution in [-0.2, 0) is 6.42 Å². The first-order valence-electron chi connectivity index (χ1n) is 7.56. The lowest BCUT2D eigenvalue weighted by molar-refractivity contribution is 0.0876. The van der Waals surface area contributed by atoms with Gasteiger partial charge in [0.1, 0.15) is 0 Å². The predicted molar refractivity (Wildman–Crippen MR) is 82.7 cm³/mol. The van der Waals surface area contributed by atoms with Gasteiger partial charge in [0.2, 0.25) is 0 Å². The molecule has 0 radical (unpaired) electrons. The van der Waals surface area contributed by atoms with Crippen LogP contribution in [0.1, 0.15) is 43.9 Å². The van der Waals surface area contributed by atoms with Crippen molar-refractivity contribution >= 4 is 11.3 Å². The second-order valence-corrected chi connectivity index (χ2v) is 7.14. The lowest BCUT2D eigenvalue weighted by Gasteiger charge is -2.27. The first kappa shape index (κ1) is 15.0. The molecule has 2 atom stereocenters. The molecule has 0 amide bonds. The van der Waals surface area contributed by atoms with Gasteiger partial charge in [-0.3, -0.25) is 0 Å². The molecule has 1 heterocycles. The summed E-state index contributed by atoms with van der Waals surface area (Å²) >= 11 is 1.82. The summed E-state index contributed by atoms with van der Waals surface area (Å²) in [4.78, 5) is 3.74. The molecule has 1 aromatic heterocycles. The molecule has 0 saturated heterocycles. The Morgan fingerprint density at radius 1 is 1.42 bits per heavy atom. The fourth-order valence-electron chi connectivity index (χ4n) is 3.09. The number of likely N-dealkylation sites (N-methyl/N-ethyl adjacent to an activating group) is 1. The predicted octanol–water partition coefficient (Wildman–Crippen LogP) is 3.55. The van der Waals surface area contributed by atoms with Gasteiger partial charge in [0, 0.05) is 17.5 Å². The van der Waals surface area contributed by atoms with Crippen molar-refractivity contribution in [2.75, 3.05) is 13.6 Å². The summed E-state index contributed by atoms with van der Waals surface area (Å²) in [5.74, 6) is 0.774. The van der Waals surface area contributed by atoms with Crippen molar-refractivity contribution in [1.82, 2.24) is 4.90 Å². The second kappa shape index (κ2) is 7.41. The molecule has 0 spiro atoms. The SMILES string of the molecule is CC(Cc1cccs1)N(C)CC(O)CC1CCCC1. The van der Waals surface area contributed by atoms with Crippen molar-refractivity contribution in [3.63, 3.8) is 0 Å². The topological polar surface area (TPSA) is 23.5 Å². The van der Waals surface area contributed by atoms with E-state index in [2.05, 4.69) is 36.4 Å². The Kier molecular flexibility index (Phi) is 5.86. The van der Waals surface area contributed by atoms with Gasteiger partial charge in [-0.1, -0.05) is 31.7 Å². The van der Waals surface area contributed by atoms with Gasteiger partial charge in [-0.25, -0.2) is 0 Å². The van der Waals surface area contributed by atoms with Crippen LogP contribution >= 0.6 is 11.3 Å². The summed E-state index contributed by atoms with van der Waals surface area (Å²) in [5, 5.41) is 12.4. The van der Waals surface area contributed by atoms with Gasteiger partial charge >= 0.3 is 0 Å². The molecule has 2 nitrogen and oxygen atoms in total. The van der Waals surface area contributed by atoms with E-state index >= 15 is 0 Å². The maximum Gasteiger partial charge on any atom is 0.0669 e. The van der Waals surface area contributed by atoms with Crippen molar-refractivity contribution in [1.29, 1.82) is 0 Å². The lowest BCUT2D eigenvalue weighted by Crippen LogP contribution is -2.37. The molecule has 1 aliphatic rings. The molecule has 0 bridgehead atoms. The fourth-order valence-corrected chi connectivity index (χ4v) is 3.92. The van der Waals surface area contributed by atoms with Gasteiger partial charge in [-0.2, -0.15) is 0 Å². The zero-order valence-electron chi connectivity index (χ0n) is 12.2. The van der Waals surface area contributed by atoms with E-state index in [1.807, 2.05) is 11.3 Å². The van der Waals surface area contributed by atoms with Crippen molar-refractivity contribution in [2.45, 2.75) is 57.6 Å². The normalized spacial score (nSPS) is 20.0. The first-order valence-corrected chi connectivity index (χ1v) is 8.44. The number of thiophene rings is 1. The minimum absolute atomic E-state index is 0.154. The molecule has 0 aliphatic heterocycles. The second-order valence-electron chi connectivity index (χ2n) is 6.11. The molecule has 3 heteroatoms. The zero-order valence-corrected chi connectivity index (χ0v) is 13.0. The highest BCUT2D eigenvalue weighted by molar-refractivity contribution is 7.09. The molecular formula is C16H27NOS. The summed E-state index contributed by atoms with van der Waals surface area (Å²) in [7, 11) is 2.14. The highest BCUT2D eigenvalue weighted by Crippen LogP contribution is 2.28. The summed E-state index contributed by atoms with van der Waals surface area (Å²) in [6.07, 6.45) is 7.31. The van der Waals surface area contributed by atoms with E-state index in [0.717, 1.165) is 25.3 Å². The van der Waals surface area contributed by atoms with E-state index in [4.69, 9.17) is 0 Å². The van der Waals surface area contributed by atoms with E-state index in [9.17, 15) is 5.11 Å². The van der Waals surface area contributed by atoms with E-state index in [1.165, 1.54) is 30.6 Å². The van der Waals surface area contributed by atoms with Crippen molar-refractivity contribution in [2.24, 2.45) is 5.92 Å². The molecule has 1 aliphatic carbocycles. The van der Waals surface area contributed by atoms with Crippen LogP contribution in [0.5, 0.6) is 0 Å². The Bertz CT molecular complexity index is 346. The lowest BCUT2D eigenvalue weighted by atomic mass is 9.99. The van der Waals surface area contributed by atoms with Crippen molar-refractivity contribution < 1.29 is 5.11 Å². The van der Waals surface area contributed by atoms with Crippen molar-refractivity contribution in [3.05, 3.63) is 22.4 Å². The Balaban J connectivity index is 1.71. The highest BCUT2D eigenvalue weighted by atomic mass is 32.1. The third-order valence-electron chi connectivity index (χ3n) is 4.41. The average Bonchev–Trinajstić information content (AvgIpc) is 3.01. The molecule has 0 aromatic carbocycles. The smallest absolute Gasteiger partial charge is 0.0669 e. The third kappa shape index (κ3) is 4.90. The Morgan fingerprint density at radius 3 is 2.79 bits per heavy atom. The fraction of sp³-hybridized carbons (Fsp3) is 0.750. The molecule has 2 rings (SSSR count). The van der Waals surface area contributed by atoms with E-state index in [0.29, 0.717) is 6.04 Å². The van der Waals surface area contributed by atoms with Crippen LogP contribution in [0, 0.1) is 5.92 Å². The van der Waals surface area contributed by atoms with E-state index < -0.39 is 0 Å². The highest BCUT2D eigenvalue weighted by Gasteiger charge is 2.21. The Labute approximate surface area is 121 Å². The van der Waals surface area contributed by atoms with Gasteiger partial charge in [0.25, 0.3) is 0 Å². The molecule has 108 valence electrons. The minimum atomic E-state index is -0.154. The van der Waals surface area contributed by atoms with Crippen molar-refractivity contribution in [3.8, 4) is 0 Å². The molecule has 19 heavy (non-hydrogen) atoms. The van der Waals surface area contributed by atoms with Crippen LogP contribution < -0.4 is 0 Å². The molecule has 1 aromatic rings. The number of nitrogens with zero attached hydrogens (tertiary/aromatic N) is 1. The first-order chi connectivity index (χ1) is 9.15. The Hall–Kier alpha value is -0.380. The number of aliphatic hydroxyl groups excluding tert-OH is 1. The van der Waals surface area contributed by atoms with Crippen LogP contribution in [0.2, 0.25) is 0 Å². The molecule has 1 N–H and O–H groups in total. The van der Waals surface area contributed by atoms with Gasteiger partial charge < -0.3 is 10.0 Å². The quantitative estimate of drug-likeness (QED) is 0.826. The summed E-state index contributed by atoms with van der Waals surface area (Å²) in [6, 6.07) is 4.81. The molecule has 1 saturated carbocycles. The average molecular weight is 281 g/mol. The van der Waals surface area contributed by atoms with Crippen LogP contribution in [0.15, 0.2) is 17.5 Å². The Morgan fingerprint density at radius 2 is 2.16 bits per heavy atom. The third-order valence-corrected chi connectivity index (χ3v) is 5.31. The standard InChI is InChI=1S/C16H27NOS/c1-13(10-16-8-5-9-19-16)17(2)12-15(18)11-14-6-3-4-7-14/h5,8-9,13-15,18H,3-4,6-7,10-12H2,1-2H3. The molecule has 1 fully saturated rings. The number of rotatable bonds is 7. The summed E-state index contributed by atoms with van der Waals surface area (Å²) < 4.78 is 0. The monoisotopic (exact) mass is 281 g/mol. The maximum absolute atomic E-state index is 10.2. The van der Waals surface area contributed by atoms with Crippen LogP contribution in [0.25, 0.3) is 0 Å².